The molecule has 19 heavy (non-hydrogen) atoms. The van der Waals surface area contributed by atoms with Crippen molar-refractivity contribution in [3.8, 4) is 0 Å². The maximum Gasteiger partial charge on any atom is 0.243 e. The molecule has 2 aliphatic heterocycles. The Morgan fingerprint density at radius 1 is 1.16 bits per heavy atom. The maximum absolute atomic E-state index is 13.2. The molecule has 0 radical (unpaired) electrons. The van der Waals surface area contributed by atoms with Crippen LogP contribution in [-0.4, -0.2) is 24.8 Å². The van der Waals surface area contributed by atoms with Crippen LogP contribution in [0.4, 0.5) is 8.78 Å². The highest BCUT2D eigenvalue weighted by Crippen LogP contribution is 2.36. The predicted molar refractivity (Wildman–Crippen MR) is 65.9 cm³/mol. The lowest BCUT2D eigenvalue weighted by Crippen LogP contribution is -2.42. The molecule has 0 aromatic heterocycles. The number of fused-ring (bicyclic) bond motifs is 2. The van der Waals surface area contributed by atoms with Crippen LogP contribution in [0.3, 0.4) is 0 Å². The van der Waals surface area contributed by atoms with Crippen LogP contribution < -0.4 is 0 Å². The molecule has 1 fully saturated rings. The summed E-state index contributed by atoms with van der Waals surface area (Å²) in [5.74, 6) is -2.18. The van der Waals surface area contributed by atoms with Gasteiger partial charge in [-0.2, -0.15) is 4.31 Å². The summed E-state index contributed by atoms with van der Waals surface area (Å²) < 4.78 is 52.6. The Kier molecular flexibility index (Phi) is 2.94. The molecule has 0 N–H and O–H groups in total. The lowest BCUT2D eigenvalue weighted by molar-refractivity contribution is 0.341. The lowest BCUT2D eigenvalue weighted by Gasteiger charge is -2.30. The van der Waals surface area contributed by atoms with Crippen LogP contribution in [0.15, 0.2) is 35.2 Å². The Morgan fingerprint density at radius 3 is 2.63 bits per heavy atom. The van der Waals surface area contributed by atoms with Crippen molar-refractivity contribution in [1.29, 1.82) is 0 Å². The first-order chi connectivity index (χ1) is 9.00. The summed E-state index contributed by atoms with van der Waals surface area (Å²) in [6.45, 7) is 0. The van der Waals surface area contributed by atoms with E-state index in [4.69, 9.17) is 0 Å². The largest absolute Gasteiger partial charge is 0.243 e. The van der Waals surface area contributed by atoms with Gasteiger partial charge in [-0.3, -0.25) is 0 Å². The zero-order valence-corrected chi connectivity index (χ0v) is 10.9. The molecule has 1 aromatic carbocycles. The van der Waals surface area contributed by atoms with Gasteiger partial charge in [0.1, 0.15) is 0 Å². The number of rotatable bonds is 2. The summed E-state index contributed by atoms with van der Waals surface area (Å²) in [6.07, 6.45) is 6.13. The quantitative estimate of drug-likeness (QED) is 0.783. The standard InChI is InChI=1S/C13H13F2NO2S/c14-12-7-6-11(8-13(12)15)19(17,18)16-9-2-1-3-10(16)5-4-9/h1-2,6-10H,3-5H2. The average Bonchev–Trinajstić information content (AvgIpc) is 2.64. The summed E-state index contributed by atoms with van der Waals surface area (Å²) >= 11 is 0. The molecule has 6 heteroatoms. The summed E-state index contributed by atoms with van der Waals surface area (Å²) in [5.41, 5.74) is 0. The Hall–Kier alpha value is -1.27. The minimum atomic E-state index is -3.76. The van der Waals surface area contributed by atoms with Crippen molar-refractivity contribution in [3.63, 3.8) is 0 Å². The van der Waals surface area contributed by atoms with Crippen LogP contribution in [-0.2, 0) is 10.0 Å². The smallest absolute Gasteiger partial charge is 0.207 e. The van der Waals surface area contributed by atoms with Gasteiger partial charge in [-0.05, 0) is 37.5 Å². The third-order valence-corrected chi connectivity index (χ3v) is 5.69. The maximum atomic E-state index is 13.2. The highest BCUT2D eigenvalue weighted by molar-refractivity contribution is 7.89. The van der Waals surface area contributed by atoms with E-state index in [1.54, 1.807) is 0 Å². The molecule has 2 aliphatic rings. The van der Waals surface area contributed by atoms with E-state index in [0.29, 0.717) is 6.42 Å². The normalized spacial score (nSPS) is 26.8. The number of benzene rings is 1. The molecule has 1 aromatic rings. The molecule has 0 amide bonds. The van der Waals surface area contributed by atoms with Gasteiger partial charge in [0.2, 0.25) is 10.0 Å². The van der Waals surface area contributed by atoms with Gasteiger partial charge >= 0.3 is 0 Å². The van der Waals surface area contributed by atoms with Crippen molar-refractivity contribution in [3.05, 3.63) is 42.0 Å². The fourth-order valence-corrected chi connectivity index (χ4v) is 4.67. The molecule has 1 saturated heterocycles. The SMILES string of the molecule is O=S(=O)(c1ccc(F)c(F)c1)N1C2C=CCC1CC2. The van der Waals surface area contributed by atoms with E-state index in [1.807, 2.05) is 12.2 Å². The highest BCUT2D eigenvalue weighted by atomic mass is 32.2. The van der Waals surface area contributed by atoms with Gasteiger partial charge in [0.15, 0.2) is 11.6 Å². The number of sulfonamides is 1. The minimum Gasteiger partial charge on any atom is -0.207 e. The van der Waals surface area contributed by atoms with Crippen molar-refractivity contribution >= 4 is 10.0 Å². The average molecular weight is 285 g/mol. The van der Waals surface area contributed by atoms with Gasteiger partial charge in [-0.25, -0.2) is 17.2 Å². The van der Waals surface area contributed by atoms with E-state index >= 15 is 0 Å². The number of halogens is 2. The summed E-state index contributed by atoms with van der Waals surface area (Å²) in [7, 11) is -3.76. The minimum absolute atomic E-state index is 0.0619. The molecule has 102 valence electrons. The molecule has 3 nitrogen and oxygen atoms in total. The van der Waals surface area contributed by atoms with E-state index in [1.165, 1.54) is 4.31 Å². The van der Waals surface area contributed by atoms with Gasteiger partial charge in [0.05, 0.1) is 4.90 Å². The topological polar surface area (TPSA) is 37.4 Å². The van der Waals surface area contributed by atoms with Crippen LogP contribution in [0.2, 0.25) is 0 Å². The Bertz CT molecular complexity index is 642. The molecule has 2 atom stereocenters. The summed E-state index contributed by atoms with van der Waals surface area (Å²) in [4.78, 5) is -0.182. The van der Waals surface area contributed by atoms with Crippen LogP contribution in [0.5, 0.6) is 0 Å². The Labute approximate surface area is 110 Å². The van der Waals surface area contributed by atoms with Crippen LogP contribution >= 0.6 is 0 Å². The Balaban J connectivity index is 2.03. The van der Waals surface area contributed by atoms with Gasteiger partial charge in [-0.15, -0.1) is 0 Å². The zero-order valence-electron chi connectivity index (χ0n) is 10.1. The number of hydrogen-bond donors (Lipinski definition) is 0. The van der Waals surface area contributed by atoms with Crippen molar-refractivity contribution in [1.82, 2.24) is 4.31 Å². The number of nitrogens with zero attached hydrogens (tertiary/aromatic N) is 1. The molecular weight excluding hydrogens is 272 g/mol. The first kappa shape index (κ1) is 12.7. The lowest BCUT2D eigenvalue weighted by atomic mass is 10.2. The fraction of sp³-hybridized carbons (Fsp3) is 0.385. The predicted octanol–water partition coefficient (Wildman–Crippen LogP) is 2.45. The van der Waals surface area contributed by atoms with E-state index in [-0.39, 0.29) is 17.0 Å². The molecule has 0 aliphatic carbocycles. The second kappa shape index (κ2) is 4.38. The second-order valence-corrected chi connectivity index (χ2v) is 6.72. The monoisotopic (exact) mass is 285 g/mol. The number of hydrogen-bond acceptors (Lipinski definition) is 2. The summed E-state index contributed by atoms with van der Waals surface area (Å²) in [6, 6.07) is 2.50. The van der Waals surface area contributed by atoms with Crippen LogP contribution in [0.25, 0.3) is 0 Å². The molecule has 3 rings (SSSR count). The fourth-order valence-electron chi connectivity index (χ4n) is 2.82. The first-order valence-corrected chi connectivity index (χ1v) is 7.59. The first-order valence-electron chi connectivity index (χ1n) is 6.15. The third kappa shape index (κ3) is 1.99. The van der Waals surface area contributed by atoms with Crippen LogP contribution in [0, 0.1) is 11.6 Å². The molecule has 2 heterocycles. The molecular formula is C13H13F2NO2S. The van der Waals surface area contributed by atoms with Gasteiger partial charge < -0.3 is 0 Å². The van der Waals surface area contributed by atoms with Gasteiger partial charge in [-0.1, -0.05) is 12.2 Å². The highest BCUT2D eigenvalue weighted by Gasteiger charge is 2.42. The van der Waals surface area contributed by atoms with Gasteiger partial charge in [0, 0.05) is 12.1 Å². The van der Waals surface area contributed by atoms with Crippen molar-refractivity contribution in [2.24, 2.45) is 0 Å². The third-order valence-electron chi connectivity index (χ3n) is 3.72. The zero-order chi connectivity index (χ0) is 13.6. The van der Waals surface area contributed by atoms with E-state index in [2.05, 4.69) is 0 Å². The van der Waals surface area contributed by atoms with Crippen molar-refractivity contribution in [2.75, 3.05) is 0 Å². The van der Waals surface area contributed by atoms with E-state index in [0.717, 1.165) is 31.0 Å². The molecule has 0 saturated carbocycles. The molecule has 2 unspecified atom stereocenters. The van der Waals surface area contributed by atoms with Crippen molar-refractivity contribution < 1.29 is 17.2 Å². The summed E-state index contributed by atoms with van der Waals surface area (Å²) in [5, 5.41) is 0. The molecule has 0 spiro atoms. The van der Waals surface area contributed by atoms with E-state index in [9.17, 15) is 17.2 Å². The second-order valence-electron chi connectivity index (χ2n) is 4.87. The molecule has 2 bridgehead atoms. The van der Waals surface area contributed by atoms with Crippen molar-refractivity contribution in [2.45, 2.75) is 36.2 Å². The van der Waals surface area contributed by atoms with Gasteiger partial charge in [0.25, 0.3) is 0 Å². The van der Waals surface area contributed by atoms with E-state index < -0.39 is 21.7 Å². The van der Waals surface area contributed by atoms with Crippen LogP contribution in [0.1, 0.15) is 19.3 Å². The Morgan fingerprint density at radius 2 is 1.95 bits per heavy atom.